The summed E-state index contributed by atoms with van der Waals surface area (Å²) in [5.41, 5.74) is 5.10. The molecule has 0 spiro atoms. The monoisotopic (exact) mass is 279 g/mol. The SMILES string of the molecule is O=C1N=C2C=CC=CC2C1c1[nH]c2ccccc2c1NO. The van der Waals surface area contributed by atoms with Gasteiger partial charge in [-0.1, -0.05) is 36.4 Å². The van der Waals surface area contributed by atoms with Gasteiger partial charge in [0.25, 0.3) is 5.91 Å². The summed E-state index contributed by atoms with van der Waals surface area (Å²) in [5, 5.41) is 10.4. The Bertz CT molecular complexity index is 829. The van der Waals surface area contributed by atoms with E-state index in [9.17, 15) is 10.0 Å². The number of benzene rings is 1. The lowest BCUT2D eigenvalue weighted by molar-refractivity contribution is -0.118. The summed E-state index contributed by atoms with van der Waals surface area (Å²) < 4.78 is 0. The molecule has 21 heavy (non-hydrogen) atoms. The Morgan fingerprint density at radius 2 is 2.10 bits per heavy atom. The van der Waals surface area contributed by atoms with Gasteiger partial charge in [0.2, 0.25) is 0 Å². The number of H-pyrrole nitrogens is 1. The Kier molecular flexibility index (Phi) is 2.55. The molecular weight excluding hydrogens is 266 g/mol. The molecule has 5 heteroatoms. The number of carbonyl (C=O) groups excluding carboxylic acids is 1. The standard InChI is InChI=1S/C16H13N3O2/c20-16-13(9-5-1-3-7-11(9)18-16)15-14(19-21)10-6-2-4-8-12(10)17-15/h1-9,13,17,19,21H. The Morgan fingerprint density at radius 3 is 2.95 bits per heavy atom. The molecule has 2 heterocycles. The van der Waals surface area contributed by atoms with Gasteiger partial charge in [0.15, 0.2) is 0 Å². The van der Waals surface area contributed by atoms with E-state index in [0.29, 0.717) is 11.4 Å². The number of para-hydroxylation sites is 1. The van der Waals surface area contributed by atoms with Gasteiger partial charge < -0.3 is 4.98 Å². The lowest BCUT2D eigenvalue weighted by Crippen LogP contribution is -2.19. The van der Waals surface area contributed by atoms with Gasteiger partial charge in [0.05, 0.1) is 23.0 Å². The molecule has 4 rings (SSSR count). The molecule has 0 saturated heterocycles. The van der Waals surface area contributed by atoms with Crippen LogP contribution in [-0.2, 0) is 4.79 Å². The lowest BCUT2D eigenvalue weighted by atomic mass is 9.85. The first kappa shape index (κ1) is 12.1. The molecule has 104 valence electrons. The van der Waals surface area contributed by atoms with E-state index >= 15 is 0 Å². The van der Waals surface area contributed by atoms with Gasteiger partial charge in [-0.25, -0.2) is 4.99 Å². The zero-order valence-corrected chi connectivity index (χ0v) is 11.1. The number of aromatic amines is 1. The van der Waals surface area contributed by atoms with E-state index in [0.717, 1.165) is 16.6 Å². The van der Waals surface area contributed by atoms with Crippen molar-refractivity contribution in [3.8, 4) is 0 Å². The van der Waals surface area contributed by atoms with Crippen molar-refractivity contribution in [1.82, 2.24) is 4.98 Å². The maximum Gasteiger partial charge on any atom is 0.256 e. The number of rotatable bonds is 2. The molecule has 2 unspecified atom stereocenters. The predicted molar refractivity (Wildman–Crippen MR) is 80.7 cm³/mol. The van der Waals surface area contributed by atoms with Gasteiger partial charge in [0.1, 0.15) is 0 Å². The van der Waals surface area contributed by atoms with Crippen LogP contribution in [0.3, 0.4) is 0 Å². The summed E-state index contributed by atoms with van der Waals surface area (Å²) in [6, 6.07) is 7.61. The highest BCUT2D eigenvalue weighted by Crippen LogP contribution is 2.41. The summed E-state index contributed by atoms with van der Waals surface area (Å²) in [4.78, 5) is 19.7. The number of allylic oxidation sites excluding steroid dienone is 4. The van der Waals surface area contributed by atoms with E-state index in [1.54, 1.807) is 0 Å². The number of nitrogens with zero attached hydrogens (tertiary/aromatic N) is 1. The van der Waals surface area contributed by atoms with Gasteiger partial charge in [-0.05, 0) is 12.1 Å². The number of amides is 1. The molecule has 2 aliphatic rings. The van der Waals surface area contributed by atoms with Crippen LogP contribution in [0.5, 0.6) is 0 Å². The number of carbonyl (C=O) groups is 1. The molecule has 0 saturated carbocycles. The van der Waals surface area contributed by atoms with Crippen molar-refractivity contribution < 1.29 is 10.0 Å². The number of aliphatic imine (C=N–C) groups is 1. The average Bonchev–Trinajstić information content (AvgIpc) is 3.02. The topological polar surface area (TPSA) is 77.5 Å². The van der Waals surface area contributed by atoms with Gasteiger partial charge in [-0.15, -0.1) is 0 Å². The van der Waals surface area contributed by atoms with Crippen molar-refractivity contribution in [2.24, 2.45) is 10.9 Å². The number of aromatic nitrogens is 1. The highest BCUT2D eigenvalue weighted by Gasteiger charge is 2.40. The first-order valence-corrected chi connectivity index (χ1v) is 6.77. The minimum Gasteiger partial charge on any atom is -0.356 e. The molecule has 0 fully saturated rings. The second-order valence-electron chi connectivity index (χ2n) is 5.19. The van der Waals surface area contributed by atoms with Gasteiger partial charge in [-0.3, -0.25) is 15.5 Å². The average molecular weight is 279 g/mol. The van der Waals surface area contributed by atoms with Crippen LogP contribution in [-0.4, -0.2) is 21.8 Å². The van der Waals surface area contributed by atoms with Crippen LogP contribution in [0, 0.1) is 5.92 Å². The minimum atomic E-state index is -0.428. The zero-order valence-electron chi connectivity index (χ0n) is 11.1. The van der Waals surface area contributed by atoms with E-state index in [1.807, 2.05) is 48.6 Å². The minimum absolute atomic E-state index is 0.0809. The van der Waals surface area contributed by atoms with E-state index in [4.69, 9.17) is 0 Å². The van der Waals surface area contributed by atoms with E-state index in [1.165, 1.54) is 0 Å². The smallest absolute Gasteiger partial charge is 0.256 e. The van der Waals surface area contributed by atoms with Crippen molar-refractivity contribution in [3.05, 3.63) is 54.3 Å². The third kappa shape index (κ3) is 1.68. The fraction of sp³-hybridized carbons (Fsp3) is 0.125. The van der Waals surface area contributed by atoms with E-state index in [-0.39, 0.29) is 11.8 Å². The number of hydrogen-bond donors (Lipinski definition) is 3. The van der Waals surface area contributed by atoms with Gasteiger partial charge >= 0.3 is 0 Å². The van der Waals surface area contributed by atoms with Crippen LogP contribution >= 0.6 is 0 Å². The first-order chi connectivity index (χ1) is 10.3. The van der Waals surface area contributed by atoms with Crippen molar-refractivity contribution in [3.63, 3.8) is 0 Å². The van der Waals surface area contributed by atoms with Crippen LogP contribution < -0.4 is 5.48 Å². The summed E-state index contributed by atoms with van der Waals surface area (Å²) in [6.45, 7) is 0. The highest BCUT2D eigenvalue weighted by atomic mass is 16.5. The first-order valence-electron chi connectivity index (χ1n) is 6.77. The lowest BCUT2D eigenvalue weighted by Gasteiger charge is -2.17. The van der Waals surface area contributed by atoms with Crippen molar-refractivity contribution >= 4 is 28.2 Å². The largest absolute Gasteiger partial charge is 0.356 e. The van der Waals surface area contributed by atoms with Crippen molar-refractivity contribution in [2.45, 2.75) is 5.92 Å². The fourth-order valence-electron chi connectivity index (χ4n) is 3.11. The number of nitrogens with one attached hydrogen (secondary N) is 2. The Balaban J connectivity index is 1.89. The third-order valence-corrected chi connectivity index (χ3v) is 4.06. The second kappa shape index (κ2) is 4.43. The maximum atomic E-state index is 12.3. The molecule has 0 radical (unpaired) electrons. The molecule has 2 aromatic rings. The van der Waals surface area contributed by atoms with Gasteiger partial charge in [-0.2, -0.15) is 0 Å². The molecule has 5 nitrogen and oxygen atoms in total. The third-order valence-electron chi connectivity index (χ3n) is 4.06. The Labute approximate surface area is 120 Å². The molecule has 1 aromatic carbocycles. The van der Waals surface area contributed by atoms with Crippen LogP contribution in [0.1, 0.15) is 11.6 Å². The van der Waals surface area contributed by atoms with Crippen LogP contribution in [0.15, 0.2) is 53.6 Å². The summed E-state index contributed by atoms with van der Waals surface area (Å²) in [5.74, 6) is -0.694. The highest BCUT2D eigenvalue weighted by molar-refractivity contribution is 6.15. The Hall–Kier alpha value is -2.66. The van der Waals surface area contributed by atoms with Gasteiger partial charge in [0, 0.05) is 16.8 Å². The summed E-state index contributed by atoms with van der Waals surface area (Å²) >= 11 is 0. The molecule has 0 bridgehead atoms. The van der Waals surface area contributed by atoms with E-state index < -0.39 is 5.92 Å². The molecule has 1 aromatic heterocycles. The molecular formula is C16H13N3O2. The van der Waals surface area contributed by atoms with Crippen molar-refractivity contribution in [2.75, 3.05) is 5.48 Å². The fourth-order valence-corrected chi connectivity index (χ4v) is 3.11. The normalized spacial score (nSPS) is 23.5. The number of hydrogen-bond acceptors (Lipinski definition) is 3. The van der Waals surface area contributed by atoms with E-state index in [2.05, 4.69) is 15.5 Å². The summed E-state index contributed by atoms with van der Waals surface area (Å²) in [6.07, 6.45) is 7.63. The molecule has 1 aliphatic heterocycles. The second-order valence-corrected chi connectivity index (χ2v) is 5.19. The molecule has 2 atom stereocenters. The Morgan fingerprint density at radius 1 is 1.24 bits per heavy atom. The number of fused-ring (bicyclic) bond motifs is 2. The molecule has 1 aliphatic carbocycles. The predicted octanol–water partition coefficient (Wildman–Crippen LogP) is 2.78. The zero-order chi connectivity index (χ0) is 14.4. The summed E-state index contributed by atoms with van der Waals surface area (Å²) in [7, 11) is 0. The van der Waals surface area contributed by atoms with Crippen molar-refractivity contribution in [1.29, 1.82) is 0 Å². The van der Waals surface area contributed by atoms with Crippen LogP contribution in [0.2, 0.25) is 0 Å². The maximum absolute atomic E-state index is 12.3. The molecule has 1 amide bonds. The molecule has 3 N–H and O–H groups in total. The number of anilines is 1. The van der Waals surface area contributed by atoms with Crippen LogP contribution in [0.25, 0.3) is 10.9 Å². The quantitative estimate of drug-likeness (QED) is 0.740. The van der Waals surface area contributed by atoms with Crippen LogP contribution in [0.4, 0.5) is 5.69 Å².